The highest BCUT2D eigenvalue weighted by Crippen LogP contribution is 2.19. The van der Waals surface area contributed by atoms with Crippen LogP contribution in [-0.4, -0.2) is 17.0 Å². The first-order valence-electron chi connectivity index (χ1n) is 4.74. The highest BCUT2D eigenvalue weighted by Gasteiger charge is 2.07. The molecular formula is C11H9ClN2O3. The average molecular weight is 253 g/mol. The molecule has 0 fully saturated rings. The van der Waals surface area contributed by atoms with E-state index in [-0.39, 0.29) is 18.4 Å². The van der Waals surface area contributed by atoms with E-state index in [1.54, 1.807) is 6.07 Å². The third kappa shape index (κ3) is 4.13. The number of nitriles is 1. The second-order valence-electron chi connectivity index (χ2n) is 3.25. The second-order valence-corrected chi connectivity index (χ2v) is 3.66. The molecule has 0 spiro atoms. The molecule has 0 radical (unpaired) electrons. The maximum absolute atomic E-state index is 11.3. The molecule has 0 atom stereocenters. The molecule has 0 saturated heterocycles. The molecule has 0 aromatic heterocycles. The number of nitrogens with zero attached hydrogens (tertiary/aromatic N) is 1. The summed E-state index contributed by atoms with van der Waals surface area (Å²) in [7, 11) is 0. The topological polar surface area (TPSA) is 90.2 Å². The van der Waals surface area contributed by atoms with Crippen molar-refractivity contribution in [3.8, 4) is 6.07 Å². The van der Waals surface area contributed by atoms with Crippen LogP contribution in [0.4, 0.5) is 5.69 Å². The summed E-state index contributed by atoms with van der Waals surface area (Å²) in [6.45, 7) is 0. The van der Waals surface area contributed by atoms with Gasteiger partial charge in [-0.05, 0) is 18.2 Å². The summed E-state index contributed by atoms with van der Waals surface area (Å²) in [6, 6.07) is 6.35. The Labute approximate surface area is 103 Å². The lowest BCUT2D eigenvalue weighted by atomic mass is 10.2. The summed E-state index contributed by atoms with van der Waals surface area (Å²) in [6.07, 6.45) is -0.343. The van der Waals surface area contributed by atoms with Crippen LogP contribution in [0.2, 0.25) is 5.02 Å². The molecule has 5 nitrogen and oxygen atoms in total. The molecule has 1 rings (SSSR count). The fourth-order valence-electron chi connectivity index (χ4n) is 1.13. The summed E-state index contributed by atoms with van der Waals surface area (Å²) in [5, 5.41) is 19.9. The van der Waals surface area contributed by atoms with Gasteiger partial charge in [0, 0.05) is 12.1 Å². The van der Waals surface area contributed by atoms with Crippen LogP contribution in [-0.2, 0) is 9.59 Å². The van der Waals surface area contributed by atoms with Crippen LogP contribution in [0.25, 0.3) is 0 Å². The van der Waals surface area contributed by atoms with E-state index in [2.05, 4.69) is 5.32 Å². The third-order valence-electron chi connectivity index (χ3n) is 1.94. The first kappa shape index (κ1) is 13.0. The molecule has 6 heteroatoms. The van der Waals surface area contributed by atoms with Crippen molar-refractivity contribution in [2.45, 2.75) is 12.8 Å². The number of rotatable bonds is 4. The van der Waals surface area contributed by atoms with Gasteiger partial charge in [-0.15, -0.1) is 0 Å². The summed E-state index contributed by atoms with van der Waals surface area (Å²) >= 11 is 5.72. The van der Waals surface area contributed by atoms with E-state index < -0.39 is 11.9 Å². The van der Waals surface area contributed by atoms with Crippen LogP contribution in [0.15, 0.2) is 18.2 Å². The fourth-order valence-corrected chi connectivity index (χ4v) is 1.29. The lowest BCUT2D eigenvalue weighted by molar-refractivity contribution is -0.138. The minimum atomic E-state index is -1.03. The molecule has 0 unspecified atom stereocenters. The van der Waals surface area contributed by atoms with Crippen LogP contribution < -0.4 is 5.32 Å². The minimum Gasteiger partial charge on any atom is -0.481 e. The van der Waals surface area contributed by atoms with E-state index in [1.165, 1.54) is 12.1 Å². The van der Waals surface area contributed by atoms with E-state index in [1.807, 2.05) is 6.07 Å². The van der Waals surface area contributed by atoms with Crippen molar-refractivity contribution in [3.05, 3.63) is 28.8 Å². The molecule has 2 N–H and O–H groups in total. The third-order valence-corrected chi connectivity index (χ3v) is 2.27. The van der Waals surface area contributed by atoms with Gasteiger partial charge in [-0.2, -0.15) is 5.26 Å². The number of benzene rings is 1. The molecule has 17 heavy (non-hydrogen) atoms. The molecule has 1 amide bonds. The number of nitrogens with one attached hydrogen (secondary N) is 1. The van der Waals surface area contributed by atoms with Crippen LogP contribution in [0.1, 0.15) is 18.4 Å². The van der Waals surface area contributed by atoms with Crippen LogP contribution in [0.5, 0.6) is 0 Å². The second kappa shape index (κ2) is 5.87. The Bertz CT molecular complexity index is 494. The number of aliphatic carboxylic acids is 1. The van der Waals surface area contributed by atoms with Crippen molar-refractivity contribution < 1.29 is 14.7 Å². The van der Waals surface area contributed by atoms with Gasteiger partial charge in [-0.3, -0.25) is 9.59 Å². The first-order chi connectivity index (χ1) is 8.02. The maximum atomic E-state index is 11.3. The largest absolute Gasteiger partial charge is 0.481 e. The van der Waals surface area contributed by atoms with E-state index in [9.17, 15) is 9.59 Å². The molecule has 0 aliphatic carbocycles. The molecule has 88 valence electrons. The number of amides is 1. The van der Waals surface area contributed by atoms with Crippen molar-refractivity contribution in [2.75, 3.05) is 5.32 Å². The van der Waals surface area contributed by atoms with Gasteiger partial charge in [-0.25, -0.2) is 0 Å². The molecule has 1 aromatic rings. The number of carbonyl (C=O) groups excluding carboxylic acids is 1. The molecular weight excluding hydrogens is 244 g/mol. The molecule has 0 heterocycles. The zero-order valence-corrected chi connectivity index (χ0v) is 9.49. The first-order valence-corrected chi connectivity index (χ1v) is 5.12. The number of carbonyl (C=O) groups is 2. The van der Waals surface area contributed by atoms with Gasteiger partial charge in [0.2, 0.25) is 5.91 Å². The monoisotopic (exact) mass is 252 g/mol. The smallest absolute Gasteiger partial charge is 0.303 e. The number of anilines is 1. The van der Waals surface area contributed by atoms with Gasteiger partial charge in [0.25, 0.3) is 0 Å². The minimum absolute atomic E-state index is 0.111. The van der Waals surface area contributed by atoms with Gasteiger partial charge in [0.1, 0.15) is 6.07 Å². The Kier molecular flexibility index (Phi) is 4.49. The molecule has 0 aliphatic rings. The number of carboxylic acid groups (broad SMARTS) is 1. The summed E-state index contributed by atoms with van der Waals surface area (Å²) in [5.41, 5.74) is 0.670. The summed E-state index contributed by atoms with van der Waals surface area (Å²) in [5.74, 6) is -1.45. The van der Waals surface area contributed by atoms with Gasteiger partial charge in [0.05, 0.1) is 17.0 Å². The molecule has 0 bridgehead atoms. The van der Waals surface area contributed by atoms with E-state index in [0.717, 1.165) is 0 Å². The standard InChI is InChI=1S/C11H9ClN2O3/c12-9-2-1-8(5-7(9)6-13)14-10(15)3-4-11(16)17/h1-2,5H,3-4H2,(H,14,15)(H,16,17). The van der Waals surface area contributed by atoms with Crippen molar-refractivity contribution in [1.29, 1.82) is 5.26 Å². The van der Waals surface area contributed by atoms with Crippen LogP contribution >= 0.6 is 11.6 Å². The Balaban J connectivity index is 2.66. The predicted octanol–water partition coefficient (Wildman–Crippen LogP) is 2.01. The SMILES string of the molecule is N#Cc1cc(NC(=O)CCC(=O)O)ccc1Cl. The summed E-state index contributed by atoms with van der Waals surface area (Å²) < 4.78 is 0. The van der Waals surface area contributed by atoms with Crippen molar-refractivity contribution >= 4 is 29.2 Å². The normalized spacial score (nSPS) is 9.41. The van der Waals surface area contributed by atoms with Gasteiger partial charge in [-0.1, -0.05) is 11.6 Å². The molecule has 0 saturated carbocycles. The number of halogens is 1. The van der Waals surface area contributed by atoms with Gasteiger partial charge >= 0.3 is 5.97 Å². The number of hydrogen-bond donors (Lipinski definition) is 2. The van der Waals surface area contributed by atoms with Gasteiger partial charge < -0.3 is 10.4 Å². The van der Waals surface area contributed by atoms with E-state index in [4.69, 9.17) is 22.0 Å². The predicted molar refractivity (Wildman–Crippen MR) is 61.7 cm³/mol. The quantitative estimate of drug-likeness (QED) is 0.858. The fraction of sp³-hybridized carbons (Fsp3) is 0.182. The van der Waals surface area contributed by atoms with Gasteiger partial charge in [0.15, 0.2) is 0 Å². The van der Waals surface area contributed by atoms with Crippen molar-refractivity contribution in [2.24, 2.45) is 0 Å². The Hall–Kier alpha value is -2.06. The highest BCUT2D eigenvalue weighted by atomic mass is 35.5. The lowest BCUT2D eigenvalue weighted by Gasteiger charge is -2.05. The lowest BCUT2D eigenvalue weighted by Crippen LogP contribution is -2.13. The zero-order chi connectivity index (χ0) is 12.8. The number of carboxylic acids is 1. The Morgan fingerprint density at radius 3 is 2.71 bits per heavy atom. The maximum Gasteiger partial charge on any atom is 0.303 e. The summed E-state index contributed by atoms with van der Waals surface area (Å²) in [4.78, 5) is 21.6. The van der Waals surface area contributed by atoms with Crippen LogP contribution in [0, 0.1) is 11.3 Å². The number of hydrogen-bond acceptors (Lipinski definition) is 3. The highest BCUT2D eigenvalue weighted by molar-refractivity contribution is 6.31. The Morgan fingerprint density at radius 1 is 1.41 bits per heavy atom. The van der Waals surface area contributed by atoms with E-state index in [0.29, 0.717) is 10.7 Å². The zero-order valence-electron chi connectivity index (χ0n) is 8.74. The van der Waals surface area contributed by atoms with E-state index >= 15 is 0 Å². The molecule has 0 aliphatic heterocycles. The van der Waals surface area contributed by atoms with Crippen molar-refractivity contribution in [3.63, 3.8) is 0 Å². The molecule has 1 aromatic carbocycles. The van der Waals surface area contributed by atoms with Crippen LogP contribution in [0.3, 0.4) is 0 Å². The average Bonchev–Trinajstić information content (AvgIpc) is 2.29. The van der Waals surface area contributed by atoms with Crippen molar-refractivity contribution in [1.82, 2.24) is 0 Å². The Morgan fingerprint density at radius 2 is 2.12 bits per heavy atom.